The lowest BCUT2D eigenvalue weighted by Crippen LogP contribution is -2.39. The number of carbonyl (C=O) groups is 5. The van der Waals surface area contributed by atoms with Crippen LogP contribution < -0.4 is 9.47 Å². The molecule has 0 spiro atoms. The molecule has 12 nitrogen and oxygen atoms in total. The highest BCUT2D eigenvalue weighted by atomic mass is 32.1. The number of thiophene rings is 1. The highest BCUT2D eigenvalue weighted by molar-refractivity contribution is 7.14. The van der Waals surface area contributed by atoms with Gasteiger partial charge in [0.15, 0.2) is 30.5 Å². The van der Waals surface area contributed by atoms with E-state index in [9.17, 15) is 24.0 Å². The van der Waals surface area contributed by atoms with E-state index in [1.807, 2.05) is 0 Å². The summed E-state index contributed by atoms with van der Waals surface area (Å²) in [6.45, 7) is 4.50. The number of ether oxygens (including phenoxy) is 3. The molecule has 0 saturated heterocycles. The summed E-state index contributed by atoms with van der Waals surface area (Å²) < 4.78 is 15.7. The van der Waals surface area contributed by atoms with E-state index < -0.39 is 42.6 Å². The van der Waals surface area contributed by atoms with Gasteiger partial charge in [0.2, 0.25) is 0 Å². The number of hydrogen-bond acceptors (Lipinski definition) is 9. The van der Waals surface area contributed by atoms with E-state index >= 15 is 0 Å². The number of carbonyl (C=O) groups excluding carboxylic acids is 3. The number of aliphatic carboxylic acids is 2. The van der Waals surface area contributed by atoms with E-state index in [0.717, 1.165) is 10.4 Å². The SMILES string of the molecule is CN(CC(=O)c1ccc(OCC(=O)O)c(OCC(=O)O)c1)C(=O)c1cc2c(s1)CCN(C(=O)OC(C)(C)C)C2. The van der Waals surface area contributed by atoms with Crippen LogP contribution in [0.2, 0.25) is 0 Å². The summed E-state index contributed by atoms with van der Waals surface area (Å²) in [5.41, 5.74) is 0.366. The van der Waals surface area contributed by atoms with Crippen LogP contribution in [0.3, 0.4) is 0 Å². The van der Waals surface area contributed by atoms with Crippen molar-refractivity contribution in [2.24, 2.45) is 0 Å². The van der Waals surface area contributed by atoms with Gasteiger partial charge >= 0.3 is 18.0 Å². The minimum Gasteiger partial charge on any atom is -0.479 e. The number of hydrogen-bond donors (Lipinski definition) is 2. The number of likely N-dealkylation sites (N-methyl/N-ethyl adjacent to an activating group) is 1. The molecule has 1 aliphatic heterocycles. The smallest absolute Gasteiger partial charge is 0.410 e. The second-order valence-electron chi connectivity index (χ2n) is 9.82. The Morgan fingerprint density at radius 2 is 1.64 bits per heavy atom. The Labute approximate surface area is 228 Å². The molecular formula is C26H30N2O10S. The highest BCUT2D eigenvalue weighted by Crippen LogP contribution is 2.31. The molecule has 0 atom stereocenters. The van der Waals surface area contributed by atoms with Crippen molar-refractivity contribution in [3.63, 3.8) is 0 Å². The maximum atomic E-state index is 13.1. The van der Waals surface area contributed by atoms with E-state index in [2.05, 4.69) is 0 Å². The van der Waals surface area contributed by atoms with Crippen molar-refractivity contribution in [2.45, 2.75) is 39.3 Å². The standard InChI is InChI=1S/C26H30N2O10S/c1-26(2,3)38-25(35)28-8-7-20-16(11-28)10-21(39-20)24(34)27(4)12-17(29)15-5-6-18(36-13-22(30)31)19(9-15)37-14-23(32)33/h5-6,9-10H,7-8,11-14H2,1-4H3,(H,30,31)(H,32,33). The molecule has 2 aromatic rings. The lowest BCUT2D eigenvalue weighted by molar-refractivity contribution is -0.140. The lowest BCUT2D eigenvalue weighted by atomic mass is 10.1. The summed E-state index contributed by atoms with van der Waals surface area (Å²) in [6, 6.07) is 5.65. The van der Waals surface area contributed by atoms with Crippen LogP contribution in [-0.4, -0.2) is 88.7 Å². The van der Waals surface area contributed by atoms with Gasteiger partial charge < -0.3 is 34.2 Å². The van der Waals surface area contributed by atoms with E-state index in [0.29, 0.717) is 24.4 Å². The molecule has 2 amide bonds. The summed E-state index contributed by atoms with van der Waals surface area (Å²) in [5.74, 6) is -3.48. The quantitative estimate of drug-likeness (QED) is 0.412. The number of benzene rings is 1. The van der Waals surface area contributed by atoms with Crippen LogP contribution in [0.25, 0.3) is 0 Å². The van der Waals surface area contributed by atoms with Gasteiger partial charge in [-0.15, -0.1) is 11.3 Å². The number of carboxylic acids is 2. The van der Waals surface area contributed by atoms with Crippen LogP contribution in [0, 0.1) is 0 Å². The largest absolute Gasteiger partial charge is 0.479 e. The molecule has 0 radical (unpaired) electrons. The first-order chi connectivity index (χ1) is 18.2. The predicted molar refractivity (Wildman–Crippen MR) is 139 cm³/mol. The molecule has 13 heteroatoms. The Morgan fingerprint density at radius 1 is 1.00 bits per heavy atom. The maximum Gasteiger partial charge on any atom is 0.410 e. The van der Waals surface area contributed by atoms with Gasteiger partial charge in [0.1, 0.15) is 5.60 Å². The molecule has 0 saturated carbocycles. The van der Waals surface area contributed by atoms with Crippen LogP contribution in [0.1, 0.15) is 51.2 Å². The number of amides is 2. The molecule has 39 heavy (non-hydrogen) atoms. The zero-order valence-corrected chi connectivity index (χ0v) is 22.8. The Hall–Kier alpha value is -4.13. The Kier molecular flexibility index (Phi) is 9.17. The fraction of sp³-hybridized carbons (Fsp3) is 0.423. The van der Waals surface area contributed by atoms with Crippen molar-refractivity contribution >= 4 is 41.1 Å². The molecule has 1 aromatic heterocycles. The third-order valence-corrected chi connectivity index (χ3v) is 6.65. The third-order valence-electron chi connectivity index (χ3n) is 5.42. The van der Waals surface area contributed by atoms with Crippen molar-refractivity contribution < 1.29 is 48.4 Å². The van der Waals surface area contributed by atoms with Crippen molar-refractivity contribution in [2.75, 3.05) is 33.4 Å². The van der Waals surface area contributed by atoms with Gasteiger partial charge in [-0.1, -0.05) is 0 Å². The van der Waals surface area contributed by atoms with Crippen molar-refractivity contribution in [1.29, 1.82) is 0 Å². The summed E-state index contributed by atoms with van der Waals surface area (Å²) >= 11 is 1.32. The Balaban J connectivity index is 1.68. The molecule has 2 N–H and O–H groups in total. The molecule has 0 unspecified atom stereocenters. The van der Waals surface area contributed by atoms with Gasteiger partial charge in [0, 0.05) is 24.0 Å². The number of Topliss-reactive ketones (excluding diaryl/α,β-unsaturated/α-hetero) is 1. The monoisotopic (exact) mass is 562 g/mol. The normalized spacial score (nSPS) is 12.8. The van der Waals surface area contributed by atoms with Crippen LogP contribution in [0.4, 0.5) is 4.79 Å². The van der Waals surface area contributed by atoms with Crippen molar-refractivity contribution in [3.8, 4) is 11.5 Å². The lowest BCUT2D eigenvalue weighted by Gasteiger charge is -2.29. The van der Waals surface area contributed by atoms with Gasteiger partial charge in [-0.25, -0.2) is 14.4 Å². The fourth-order valence-electron chi connectivity index (χ4n) is 3.68. The van der Waals surface area contributed by atoms with Gasteiger partial charge in [0.25, 0.3) is 5.91 Å². The molecule has 0 aliphatic carbocycles. The summed E-state index contributed by atoms with van der Waals surface area (Å²) in [7, 11) is 1.48. The predicted octanol–water partition coefficient (Wildman–Crippen LogP) is 2.92. The molecule has 0 fully saturated rings. The van der Waals surface area contributed by atoms with E-state index in [-0.39, 0.29) is 29.5 Å². The zero-order valence-electron chi connectivity index (χ0n) is 22.0. The number of carboxylic acid groups (broad SMARTS) is 2. The minimum atomic E-state index is -1.27. The van der Waals surface area contributed by atoms with Gasteiger partial charge in [0.05, 0.1) is 18.0 Å². The van der Waals surface area contributed by atoms with Crippen LogP contribution in [0.5, 0.6) is 11.5 Å². The first-order valence-corrected chi connectivity index (χ1v) is 12.8. The van der Waals surface area contributed by atoms with E-state index in [4.69, 9.17) is 24.4 Å². The van der Waals surface area contributed by atoms with Crippen LogP contribution >= 0.6 is 11.3 Å². The fourth-order valence-corrected chi connectivity index (χ4v) is 4.84. The molecule has 1 aromatic carbocycles. The summed E-state index contributed by atoms with van der Waals surface area (Å²) in [6.07, 6.45) is 0.172. The summed E-state index contributed by atoms with van der Waals surface area (Å²) in [5, 5.41) is 17.7. The third kappa shape index (κ3) is 8.18. The number of nitrogens with zero attached hydrogens (tertiary/aromatic N) is 2. The molecular weight excluding hydrogens is 532 g/mol. The summed E-state index contributed by atoms with van der Waals surface area (Å²) in [4.78, 5) is 64.5. The van der Waals surface area contributed by atoms with Crippen LogP contribution in [-0.2, 0) is 27.3 Å². The topological polar surface area (TPSA) is 160 Å². The van der Waals surface area contributed by atoms with E-state index in [1.54, 1.807) is 31.7 Å². The first-order valence-electron chi connectivity index (χ1n) is 11.9. The van der Waals surface area contributed by atoms with Gasteiger partial charge in [-0.05, 0) is 57.0 Å². The number of ketones is 1. The number of rotatable bonds is 10. The number of fused-ring (bicyclic) bond motifs is 1. The van der Waals surface area contributed by atoms with E-state index in [1.165, 1.54) is 41.5 Å². The molecule has 2 heterocycles. The second kappa shape index (κ2) is 12.2. The molecule has 3 rings (SSSR count). The average molecular weight is 563 g/mol. The first kappa shape index (κ1) is 29.4. The minimum absolute atomic E-state index is 0.0378. The van der Waals surface area contributed by atoms with Crippen molar-refractivity contribution in [1.82, 2.24) is 9.80 Å². The maximum absolute atomic E-state index is 13.1. The Bertz CT molecular complexity index is 1280. The van der Waals surface area contributed by atoms with Gasteiger partial charge in [-0.3, -0.25) is 9.59 Å². The Morgan fingerprint density at radius 3 is 2.26 bits per heavy atom. The molecule has 0 bridgehead atoms. The van der Waals surface area contributed by atoms with Crippen LogP contribution in [0.15, 0.2) is 24.3 Å². The van der Waals surface area contributed by atoms with Gasteiger partial charge in [-0.2, -0.15) is 0 Å². The molecule has 1 aliphatic rings. The highest BCUT2D eigenvalue weighted by Gasteiger charge is 2.29. The van der Waals surface area contributed by atoms with Crippen molar-refractivity contribution in [3.05, 3.63) is 45.1 Å². The molecule has 210 valence electrons. The average Bonchev–Trinajstić information content (AvgIpc) is 3.28. The second-order valence-corrected chi connectivity index (χ2v) is 11.0. The zero-order chi connectivity index (χ0) is 28.9.